The fourth-order valence-corrected chi connectivity index (χ4v) is 2.95. The summed E-state index contributed by atoms with van der Waals surface area (Å²) in [6.07, 6.45) is 1.09. The molecule has 0 aliphatic rings. The molecule has 0 saturated carbocycles. The average molecular weight is 301 g/mol. The molecule has 0 saturated heterocycles. The van der Waals surface area contributed by atoms with Crippen LogP contribution >= 0.6 is 0 Å². The molecule has 1 rings (SSSR count). The Hall–Kier alpha value is -1.27. The Balaban J connectivity index is 2.79. The van der Waals surface area contributed by atoms with E-state index in [4.69, 9.17) is 15.2 Å². The maximum absolute atomic E-state index is 11.5. The van der Waals surface area contributed by atoms with Gasteiger partial charge in [-0.05, 0) is 25.0 Å². The summed E-state index contributed by atoms with van der Waals surface area (Å²) in [7, 11) is 0.205. The molecule has 20 heavy (non-hydrogen) atoms. The van der Waals surface area contributed by atoms with Gasteiger partial charge in [-0.2, -0.15) is 0 Å². The van der Waals surface area contributed by atoms with E-state index in [0.717, 1.165) is 5.56 Å². The molecular weight excluding hydrogens is 278 g/mol. The molecular formula is C14H23NO4S. The van der Waals surface area contributed by atoms with E-state index in [1.807, 2.05) is 18.2 Å². The number of hydrogen-bond donors (Lipinski definition) is 1. The Morgan fingerprint density at radius 1 is 1.20 bits per heavy atom. The van der Waals surface area contributed by atoms with Crippen molar-refractivity contribution >= 4 is 9.84 Å². The van der Waals surface area contributed by atoms with Crippen molar-refractivity contribution < 1.29 is 17.9 Å². The van der Waals surface area contributed by atoms with Gasteiger partial charge in [-0.1, -0.05) is 13.0 Å². The second-order valence-electron chi connectivity index (χ2n) is 4.56. The van der Waals surface area contributed by atoms with Gasteiger partial charge in [0.05, 0.1) is 25.5 Å². The van der Waals surface area contributed by atoms with Crippen molar-refractivity contribution in [2.75, 3.05) is 25.7 Å². The van der Waals surface area contributed by atoms with Gasteiger partial charge in [-0.25, -0.2) is 8.42 Å². The quantitative estimate of drug-likeness (QED) is 0.793. The van der Waals surface area contributed by atoms with Crippen molar-refractivity contribution in [3.05, 3.63) is 23.8 Å². The SMILES string of the molecule is CCS(=O)(=O)CCCC(N)c1c(OC)cccc1OC. The summed E-state index contributed by atoms with van der Waals surface area (Å²) < 4.78 is 33.5. The van der Waals surface area contributed by atoms with E-state index in [2.05, 4.69) is 0 Å². The van der Waals surface area contributed by atoms with Crippen LogP contribution in [-0.4, -0.2) is 34.1 Å². The van der Waals surface area contributed by atoms with Crippen molar-refractivity contribution in [1.29, 1.82) is 0 Å². The van der Waals surface area contributed by atoms with E-state index in [1.165, 1.54) is 0 Å². The normalized spacial score (nSPS) is 13.0. The van der Waals surface area contributed by atoms with E-state index in [9.17, 15) is 8.42 Å². The highest BCUT2D eigenvalue weighted by Crippen LogP contribution is 2.34. The van der Waals surface area contributed by atoms with Crippen LogP contribution in [0.2, 0.25) is 0 Å². The van der Waals surface area contributed by atoms with Gasteiger partial charge < -0.3 is 15.2 Å². The van der Waals surface area contributed by atoms with Crippen molar-refractivity contribution in [3.8, 4) is 11.5 Å². The number of rotatable bonds is 8. The third kappa shape index (κ3) is 4.38. The lowest BCUT2D eigenvalue weighted by Crippen LogP contribution is -2.16. The smallest absolute Gasteiger partial charge is 0.150 e. The lowest BCUT2D eigenvalue weighted by atomic mass is 10.0. The molecule has 2 N–H and O–H groups in total. The van der Waals surface area contributed by atoms with Gasteiger partial charge >= 0.3 is 0 Å². The second kappa shape index (κ2) is 7.50. The summed E-state index contributed by atoms with van der Waals surface area (Å²) in [5.74, 6) is 1.65. The molecule has 0 aliphatic carbocycles. The Morgan fingerprint density at radius 3 is 2.20 bits per heavy atom. The van der Waals surface area contributed by atoms with Crippen LogP contribution in [0.15, 0.2) is 18.2 Å². The maximum atomic E-state index is 11.5. The van der Waals surface area contributed by atoms with Crippen LogP contribution in [0.25, 0.3) is 0 Å². The number of benzene rings is 1. The van der Waals surface area contributed by atoms with Crippen LogP contribution in [0, 0.1) is 0 Å². The number of ether oxygens (including phenoxy) is 2. The van der Waals surface area contributed by atoms with Gasteiger partial charge in [0.15, 0.2) is 0 Å². The lowest BCUT2D eigenvalue weighted by Gasteiger charge is -2.18. The maximum Gasteiger partial charge on any atom is 0.150 e. The first-order valence-electron chi connectivity index (χ1n) is 6.62. The predicted octanol–water partition coefficient (Wildman–Crippen LogP) is 1.92. The number of nitrogens with two attached hydrogens (primary N) is 1. The Morgan fingerprint density at radius 2 is 1.75 bits per heavy atom. The molecule has 0 spiro atoms. The zero-order valence-corrected chi connectivity index (χ0v) is 13.1. The number of methoxy groups -OCH3 is 2. The first-order valence-corrected chi connectivity index (χ1v) is 8.44. The molecule has 1 unspecified atom stereocenters. The van der Waals surface area contributed by atoms with Gasteiger partial charge in [-0.3, -0.25) is 0 Å². The number of sulfone groups is 1. The minimum atomic E-state index is -2.95. The molecule has 0 aliphatic heterocycles. The molecule has 0 radical (unpaired) electrons. The average Bonchev–Trinajstić information content (AvgIpc) is 2.45. The van der Waals surface area contributed by atoms with Crippen molar-refractivity contribution in [3.63, 3.8) is 0 Å². The van der Waals surface area contributed by atoms with Gasteiger partial charge in [0.25, 0.3) is 0 Å². The van der Waals surface area contributed by atoms with E-state index in [0.29, 0.717) is 24.3 Å². The summed E-state index contributed by atoms with van der Waals surface area (Å²) in [6.45, 7) is 1.65. The van der Waals surface area contributed by atoms with Crippen molar-refractivity contribution in [2.24, 2.45) is 5.73 Å². The van der Waals surface area contributed by atoms with Crippen LogP contribution < -0.4 is 15.2 Å². The summed E-state index contributed by atoms with van der Waals surface area (Å²) in [6, 6.07) is 5.16. The van der Waals surface area contributed by atoms with Crippen LogP contribution in [0.4, 0.5) is 0 Å². The van der Waals surface area contributed by atoms with Crippen LogP contribution in [0.5, 0.6) is 11.5 Å². The second-order valence-corrected chi connectivity index (χ2v) is 7.03. The monoisotopic (exact) mass is 301 g/mol. The molecule has 0 heterocycles. The molecule has 1 aromatic carbocycles. The first-order chi connectivity index (χ1) is 9.45. The van der Waals surface area contributed by atoms with Gasteiger partial charge in [-0.15, -0.1) is 0 Å². The molecule has 0 amide bonds. The molecule has 0 aromatic heterocycles. The lowest BCUT2D eigenvalue weighted by molar-refractivity contribution is 0.377. The molecule has 5 nitrogen and oxygen atoms in total. The van der Waals surface area contributed by atoms with Gasteiger partial charge in [0, 0.05) is 11.8 Å². The molecule has 0 bridgehead atoms. The number of hydrogen-bond acceptors (Lipinski definition) is 5. The summed E-state index contributed by atoms with van der Waals surface area (Å²) >= 11 is 0. The van der Waals surface area contributed by atoms with Crippen LogP contribution in [-0.2, 0) is 9.84 Å². The zero-order chi connectivity index (χ0) is 15.2. The highest BCUT2D eigenvalue weighted by Gasteiger charge is 2.18. The van der Waals surface area contributed by atoms with Crippen molar-refractivity contribution in [1.82, 2.24) is 0 Å². The van der Waals surface area contributed by atoms with Gasteiger partial charge in [0.2, 0.25) is 0 Å². The van der Waals surface area contributed by atoms with E-state index >= 15 is 0 Å². The zero-order valence-electron chi connectivity index (χ0n) is 12.3. The molecule has 114 valence electrons. The summed E-state index contributed by atoms with van der Waals surface area (Å²) in [5, 5.41) is 0. The highest BCUT2D eigenvalue weighted by atomic mass is 32.2. The highest BCUT2D eigenvalue weighted by molar-refractivity contribution is 7.91. The van der Waals surface area contributed by atoms with Crippen LogP contribution in [0.3, 0.4) is 0 Å². The first kappa shape index (κ1) is 16.8. The molecule has 1 atom stereocenters. The standard InChI is InChI=1S/C14H23NO4S/c1-4-20(16,17)10-6-7-11(15)14-12(18-2)8-5-9-13(14)19-3/h5,8-9,11H,4,6-7,10,15H2,1-3H3. The Kier molecular flexibility index (Phi) is 6.29. The third-order valence-electron chi connectivity index (χ3n) is 3.25. The topological polar surface area (TPSA) is 78.6 Å². The summed E-state index contributed by atoms with van der Waals surface area (Å²) in [4.78, 5) is 0. The van der Waals surface area contributed by atoms with Crippen molar-refractivity contribution in [2.45, 2.75) is 25.8 Å². The Bertz CT molecular complexity index is 506. The minimum Gasteiger partial charge on any atom is -0.496 e. The van der Waals surface area contributed by atoms with E-state index in [1.54, 1.807) is 21.1 Å². The Labute approximate surface area is 121 Å². The van der Waals surface area contributed by atoms with E-state index in [-0.39, 0.29) is 17.5 Å². The summed E-state index contributed by atoms with van der Waals surface area (Å²) in [5.41, 5.74) is 6.95. The third-order valence-corrected chi connectivity index (χ3v) is 5.04. The predicted molar refractivity (Wildman–Crippen MR) is 80.0 cm³/mol. The minimum absolute atomic E-state index is 0.161. The van der Waals surface area contributed by atoms with Gasteiger partial charge in [0.1, 0.15) is 21.3 Å². The van der Waals surface area contributed by atoms with E-state index < -0.39 is 9.84 Å². The molecule has 0 fully saturated rings. The molecule has 6 heteroatoms. The van der Waals surface area contributed by atoms with Crippen LogP contribution in [0.1, 0.15) is 31.4 Å². The largest absolute Gasteiger partial charge is 0.496 e. The fourth-order valence-electron chi connectivity index (χ4n) is 2.06. The fraction of sp³-hybridized carbons (Fsp3) is 0.571. The molecule has 1 aromatic rings.